The monoisotopic (exact) mass is 222 g/mol. The van der Waals surface area contributed by atoms with Gasteiger partial charge in [0, 0.05) is 30.0 Å². The summed E-state index contributed by atoms with van der Waals surface area (Å²) in [6, 6.07) is 4.23. The zero-order chi connectivity index (χ0) is 11.3. The highest BCUT2D eigenvalue weighted by Gasteiger charge is 2.06. The van der Waals surface area contributed by atoms with Crippen molar-refractivity contribution in [3.63, 3.8) is 0 Å². The van der Waals surface area contributed by atoms with Crippen LogP contribution in [-0.4, -0.2) is 10.7 Å². The van der Waals surface area contributed by atoms with Crippen molar-refractivity contribution in [2.24, 2.45) is 0 Å². The summed E-state index contributed by atoms with van der Waals surface area (Å²) < 4.78 is 0. The third kappa shape index (κ3) is 3.18. The van der Waals surface area contributed by atoms with Gasteiger partial charge >= 0.3 is 0 Å². The van der Waals surface area contributed by atoms with E-state index in [9.17, 15) is 10.1 Å². The van der Waals surface area contributed by atoms with E-state index < -0.39 is 4.92 Å². The summed E-state index contributed by atoms with van der Waals surface area (Å²) in [5.41, 5.74) is 6.57. The van der Waals surface area contributed by atoms with Gasteiger partial charge in [-0.1, -0.05) is 11.8 Å². The van der Waals surface area contributed by atoms with E-state index in [-0.39, 0.29) is 5.69 Å². The summed E-state index contributed by atoms with van der Waals surface area (Å²) in [7, 11) is 0. The van der Waals surface area contributed by atoms with E-state index in [1.54, 1.807) is 0 Å². The van der Waals surface area contributed by atoms with Crippen molar-refractivity contribution in [2.45, 2.75) is 6.42 Å². The normalized spacial score (nSPS) is 9.13. The molecule has 4 nitrogen and oxygen atoms in total. The number of nitrogens with zero attached hydrogens (tertiary/aromatic N) is 1. The van der Waals surface area contributed by atoms with Crippen molar-refractivity contribution < 1.29 is 4.92 Å². The Morgan fingerprint density at radius 1 is 1.53 bits per heavy atom. The maximum absolute atomic E-state index is 10.5. The molecule has 1 rings (SSSR count). The average Bonchev–Trinajstić information content (AvgIpc) is 2.20. The van der Waals surface area contributed by atoms with Gasteiger partial charge in [0.1, 0.15) is 0 Å². The lowest BCUT2D eigenvalue weighted by Gasteiger charge is -1.97. The Morgan fingerprint density at radius 3 is 2.87 bits per heavy atom. The van der Waals surface area contributed by atoms with Gasteiger partial charge in [0.25, 0.3) is 5.69 Å². The van der Waals surface area contributed by atoms with Crippen LogP contribution in [0, 0.1) is 22.0 Å². The van der Waals surface area contributed by atoms with Gasteiger partial charge in [-0.15, -0.1) is 0 Å². The molecule has 0 atom stereocenters. The largest absolute Gasteiger partial charge is 0.398 e. The molecule has 0 aliphatic carbocycles. The Balaban J connectivity index is 3.02. The van der Waals surface area contributed by atoms with Crippen LogP contribution in [0.25, 0.3) is 0 Å². The minimum Gasteiger partial charge on any atom is -0.398 e. The van der Waals surface area contributed by atoms with Crippen molar-refractivity contribution >= 4 is 24.0 Å². The number of nitrogen functional groups attached to an aromatic ring is 1. The van der Waals surface area contributed by atoms with Crippen LogP contribution in [0.2, 0.25) is 0 Å². The van der Waals surface area contributed by atoms with Crippen LogP contribution >= 0.6 is 12.6 Å². The SMILES string of the molecule is Nc1ccc([N+](=O)[O-])cc1C#CCCS. The number of anilines is 1. The first kappa shape index (κ1) is 11.4. The number of benzene rings is 1. The number of hydrogen-bond donors (Lipinski definition) is 2. The number of nitro groups is 1. The highest BCUT2D eigenvalue weighted by molar-refractivity contribution is 7.80. The molecule has 0 unspecified atom stereocenters. The number of hydrogen-bond acceptors (Lipinski definition) is 4. The lowest BCUT2D eigenvalue weighted by atomic mass is 10.1. The number of nitro benzene ring substituents is 1. The predicted octanol–water partition coefficient (Wildman–Crippen LogP) is 1.85. The van der Waals surface area contributed by atoms with E-state index in [4.69, 9.17) is 5.73 Å². The van der Waals surface area contributed by atoms with Crippen molar-refractivity contribution in [1.82, 2.24) is 0 Å². The van der Waals surface area contributed by atoms with Gasteiger partial charge in [-0.05, 0) is 6.07 Å². The van der Waals surface area contributed by atoms with E-state index in [0.29, 0.717) is 23.4 Å². The number of non-ortho nitro benzene ring substituents is 1. The van der Waals surface area contributed by atoms with E-state index >= 15 is 0 Å². The van der Waals surface area contributed by atoms with Gasteiger partial charge in [-0.25, -0.2) is 0 Å². The lowest BCUT2D eigenvalue weighted by molar-refractivity contribution is -0.384. The molecule has 15 heavy (non-hydrogen) atoms. The molecule has 0 aromatic heterocycles. The molecule has 1 aromatic rings. The Morgan fingerprint density at radius 2 is 2.27 bits per heavy atom. The molecule has 1 aromatic carbocycles. The zero-order valence-corrected chi connectivity index (χ0v) is 8.83. The summed E-state index contributed by atoms with van der Waals surface area (Å²) in [5.74, 6) is 6.26. The maximum atomic E-state index is 10.5. The quantitative estimate of drug-likeness (QED) is 0.264. The first-order chi connectivity index (χ1) is 7.15. The second-order valence-electron chi connectivity index (χ2n) is 2.80. The van der Waals surface area contributed by atoms with Gasteiger partial charge in [-0.3, -0.25) is 10.1 Å². The van der Waals surface area contributed by atoms with Crippen molar-refractivity contribution in [3.05, 3.63) is 33.9 Å². The standard InChI is InChI=1S/C10H10N2O2S/c11-10-5-4-9(12(13)14)7-8(10)3-1-2-6-15/h4-5,7,15H,2,6,11H2. The molecule has 0 fully saturated rings. The van der Waals surface area contributed by atoms with Crippen LogP contribution in [0.15, 0.2) is 18.2 Å². The Kier molecular flexibility index (Phi) is 4.01. The van der Waals surface area contributed by atoms with Crippen molar-refractivity contribution in [1.29, 1.82) is 0 Å². The van der Waals surface area contributed by atoms with Gasteiger partial charge in [-0.2, -0.15) is 12.6 Å². The van der Waals surface area contributed by atoms with Crippen molar-refractivity contribution in [3.8, 4) is 11.8 Å². The van der Waals surface area contributed by atoms with Crippen LogP contribution in [0.1, 0.15) is 12.0 Å². The first-order valence-corrected chi connectivity index (χ1v) is 4.92. The van der Waals surface area contributed by atoms with Gasteiger partial charge in [0.2, 0.25) is 0 Å². The number of thiol groups is 1. The minimum absolute atomic E-state index is 0.000580. The van der Waals surface area contributed by atoms with Crippen molar-refractivity contribution in [2.75, 3.05) is 11.5 Å². The fraction of sp³-hybridized carbons (Fsp3) is 0.200. The summed E-state index contributed by atoms with van der Waals surface area (Å²) in [6.45, 7) is 0. The molecule has 5 heteroatoms. The third-order valence-corrected chi connectivity index (χ3v) is 1.93. The fourth-order valence-corrected chi connectivity index (χ4v) is 1.09. The zero-order valence-electron chi connectivity index (χ0n) is 7.93. The average molecular weight is 222 g/mol. The highest BCUT2D eigenvalue weighted by atomic mass is 32.1. The van der Waals surface area contributed by atoms with E-state index in [1.165, 1.54) is 18.2 Å². The lowest BCUT2D eigenvalue weighted by Crippen LogP contribution is -1.93. The second kappa shape index (κ2) is 5.27. The summed E-state index contributed by atoms with van der Waals surface area (Å²) in [5, 5.41) is 10.5. The van der Waals surface area contributed by atoms with E-state index in [1.807, 2.05) is 0 Å². The minimum atomic E-state index is -0.469. The first-order valence-electron chi connectivity index (χ1n) is 4.29. The molecule has 0 aliphatic heterocycles. The van der Waals surface area contributed by atoms with E-state index in [0.717, 1.165) is 0 Å². The Labute approximate surface area is 93.0 Å². The molecule has 2 N–H and O–H groups in total. The molecule has 0 radical (unpaired) electrons. The van der Waals surface area contributed by atoms with E-state index in [2.05, 4.69) is 24.5 Å². The number of nitrogens with two attached hydrogens (primary N) is 1. The fourth-order valence-electron chi connectivity index (χ4n) is 0.980. The summed E-state index contributed by atoms with van der Waals surface area (Å²) in [6.07, 6.45) is 0.630. The molecule has 0 saturated carbocycles. The summed E-state index contributed by atoms with van der Waals surface area (Å²) in [4.78, 5) is 10.0. The number of rotatable bonds is 2. The van der Waals surface area contributed by atoms with Gasteiger partial charge in [0.05, 0.1) is 10.5 Å². The Bertz CT molecular complexity index is 435. The van der Waals surface area contributed by atoms with Crippen LogP contribution in [-0.2, 0) is 0 Å². The molecule has 0 bridgehead atoms. The van der Waals surface area contributed by atoms with Crippen LogP contribution in [0.5, 0.6) is 0 Å². The molecular weight excluding hydrogens is 212 g/mol. The van der Waals surface area contributed by atoms with Crippen LogP contribution in [0.3, 0.4) is 0 Å². The van der Waals surface area contributed by atoms with Crippen LogP contribution in [0.4, 0.5) is 11.4 Å². The second-order valence-corrected chi connectivity index (χ2v) is 3.25. The predicted molar refractivity (Wildman–Crippen MR) is 62.9 cm³/mol. The Hall–Kier alpha value is -1.67. The topological polar surface area (TPSA) is 69.2 Å². The van der Waals surface area contributed by atoms with Gasteiger partial charge in [0.15, 0.2) is 0 Å². The molecule has 78 valence electrons. The molecule has 0 saturated heterocycles. The smallest absolute Gasteiger partial charge is 0.270 e. The molecule has 0 heterocycles. The van der Waals surface area contributed by atoms with Gasteiger partial charge < -0.3 is 5.73 Å². The maximum Gasteiger partial charge on any atom is 0.270 e. The third-order valence-electron chi connectivity index (χ3n) is 1.71. The molecule has 0 spiro atoms. The molecule has 0 aliphatic rings. The highest BCUT2D eigenvalue weighted by Crippen LogP contribution is 2.18. The van der Waals surface area contributed by atoms with Crippen LogP contribution < -0.4 is 5.73 Å². The molecule has 0 amide bonds. The molecular formula is C10H10N2O2S. The summed E-state index contributed by atoms with van der Waals surface area (Å²) >= 11 is 4.00.